The van der Waals surface area contributed by atoms with Crippen LogP contribution in [0.4, 0.5) is 0 Å². The molecular weight excluding hydrogens is 314 g/mol. The molecule has 1 aliphatic heterocycles. The van der Waals surface area contributed by atoms with E-state index in [4.69, 9.17) is 0 Å². The summed E-state index contributed by atoms with van der Waals surface area (Å²) in [5, 5.41) is 0. The molecular formula is C17H24BrNO. The summed E-state index contributed by atoms with van der Waals surface area (Å²) in [4.78, 5) is 14.9. The van der Waals surface area contributed by atoms with Gasteiger partial charge in [-0.1, -0.05) is 41.9 Å². The van der Waals surface area contributed by atoms with Crippen molar-refractivity contribution in [1.29, 1.82) is 0 Å². The van der Waals surface area contributed by atoms with Gasteiger partial charge in [-0.3, -0.25) is 9.69 Å². The monoisotopic (exact) mass is 337 g/mol. The summed E-state index contributed by atoms with van der Waals surface area (Å²) in [6, 6.07) is 7.66. The van der Waals surface area contributed by atoms with Crippen LogP contribution in [0, 0.1) is 5.41 Å². The van der Waals surface area contributed by atoms with E-state index >= 15 is 0 Å². The van der Waals surface area contributed by atoms with Gasteiger partial charge in [0.05, 0.1) is 6.04 Å². The summed E-state index contributed by atoms with van der Waals surface area (Å²) in [6.07, 6.45) is 3.61. The quantitative estimate of drug-likeness (QED) is 0.755. The fourth-order valence-corrected chi connectivity index (χ4v) is 3.12. The lowest BCUT2D eigenvalue weighted by Crippen LogP contribution is -2.39. The normalized spacial score (nSPS) is 21.2. The molecule has 0 aliphatic carbocycles. The largest absolute Gasteiger partial charge is 0.293 e. The van der Waals surface area contributed by atoms with Gasteiger partial charge in [-0.2, -0.15) is 0 Å². The summed E-state index contributed by atoms with van der Waals surface area (Å²) in [7, 11) is 0. The minimum atomic E-state index is -0.0231. The van der Waals surface area contributed by atoms with Crippen molar-refractivity contribution in [2.24, 2.45) is 5.41 Å². The Labute approximate surface area is 130 Å². The minimum Gasteiger partial charge on any atom is -0.293 e. The Kier molecular flexibility index (Phi) is 5.03. The van der Waals surface area contributed by atoms with E-state index in [-0.39, 0.29) is 11.8 Å². The molecule has 1 aromatic carbocycles. The average molecular weight is 338 g/mol. The number of carbonyl (C=O) groups excluding carboxylic acids is 1. The van der Waals surface area contributed by atoms with E-state index in [9.17, 15) is 4.79 Å². The zero-order valence-corrected chi connectivity index (χ0v) is 14.2. The molecule has 1 atom stereocenters. The Bertz CT molecular complexity index is 466. The third-order valence-electron chi connectivity index (χ3n) is 4.43. The molecule has 3 heteroatoms. The topological polar surface area (TPSA) is 20.3 Å². The molecule has 0 spiro atoms. The number of nitrogens with zero attached hydrogens (tertiary/aromatic N) is 1. The molecule has 1 unspecified atom stereocenters. The van der Waals surface area contributed by atoms with Gasteiger partial charge in [0.2, 0.25) is 0 Å². The SMILES string of the molecule is CC(C(=O)c1ccc(Br)cc1)N1CCCC(C)(C)CC1. The van der Waals surface area contributed by atoms with Crippen molar-refractivity contribution < 1.29 is 4.79 Å². The first-order chi connectivity index (χ1) is 9.39. The molecule has 1 aromatic rings. The van der Waals surface area contributed by atoms with Crippen molar-refractivity contribution in [2.45, 2.75) is 46.1 Å². The molecule has 0 bridgehead atoms. The third kappa shape index (κ3) is 3.92. The first kappa shape index (κ1) is 15.7. The van der Waals surface area contributed by atoms with Gasteiger partial charge in [0.1, 0.15) is 0 Å². The highest BCUT2D eigenvalue weighted by atomic mass is 79.9. The number of ketones is 1. The molecule has 110 valence electrons. The Morgan fingerprint density at radius 1 is 1.20 bits per heavy atom. The molecule has 2 nitrogen and oxygen atoms in total. The summed E-state index contributed by atoms with van der Waals surface area (Å²) in [5.74, 6) is 0.234. The van der Waals surface area contributed by atoms with Crippen LogP contribution >= 0.6 is 15.9 Å². The second-order valence-electron chi connectivity index (χ2n) is 6.60. The van der Waals surface area contributed by atoms with Gasteiger partial charge in [0, 0.05) is 10.0 Å². The lowest BCUT2D eigenvalue weighted by Gasteiger charge is -2.27. The predicted octanol–water partition coefficient (Wildman–Crippen LogP) is 4.53. The standard InChI is InChI=1S/C17H24BrNO/c1-13(16(20)14-5-7-15(18)8-6-14)19-11-4-9-17(2,3)10-12-19/h5-8,13H,4,9-12H2,1-3H3. The third-order valence-corrected chi connectivity index (χ3v) is 4.96. The van der Waals surface area contributed by atoms with Crippen LogP contribution < -0.4 is 0 Å². The molecule has 1 aliphatic rings. The van der Waals surface area contributed by atoms with Gasteiger partial charge in [-0.25, -0.2) is 0 Å². The van der Waals surface area contributed by atoms with Gasteiger partial charge in [-0.15, -0.1) is 0 Å². The van der Waals surface area contributed by atoms with Crippen molar-refractivity contribution >= 4 is 21.7 Å². The number of halogens is 1. The zero-order chi connectivity index (χ0) is 14.8. The molecule has 0 aromatic heterocycles. The van der Waals surface area contributed by atoms with E-state index in [1.54, 1.807) is 0 Å². The maximum atomic E-state index is 12.6. The fourth-order valence-electron chi connectivity index (χ4n) is 2.85. The Morgan fingerprint density at radius 3 is 2.50 bits per heavy atom. The maximum Gasteiger partial charge on any atom is 0.179 e. The van der Waals surface area contributed by atoms with Crippen LogP contribution in [0.5, 0.6) is 0 Å². The van der Waals surface area contributed by atoms with Crippen molar-refractivity contribution in [3.8, 4) is 0 Å². The van der Waals surface area contributed by atoms with Crippen molar-refractivity contribution in [3.05, 3.63) is 34.3 Å². The van der Waals surface area contributed by atoms with E-state index in [1.165, 1.54) is 19.3 Å². The molecule has 0 saturated carbocycles. The van der Waals surface area contributed by atoms with Crippen molar-refractivity contribution in [3.63, 3.8) is 0 Å². The highest BCUT2D eigenvalue weighted by Crippen LogP contribution is 2.30. The van der Waals surface area contributed by atoms with Crippen LogP contribution in [0.1, 0.15) is 50.4 Å². The highest BCUT2D eigenvalue weighted by Gasteiger charge is 2.28. The van der Waals surface area contributed by atoms with Crippen molar-refractivity contribution in [2.75, 3.05) is 13.1 Å². The number of rotatable bonds is 3. The number of hydrogen-bond acceptors (Lipinski definition) is 2. The molecule has 2 rings (SSSR count). The van der Waals surface area contributed by atoms with E-state index in [1.807, 2.05) is 31.2 Å². The van der Waals surface area contributed by atoms with Crippen LogP contribution in [0.3, 0.4) is 0 Å². The molecule has 1 saturated heterocycles. The minimum absolute atomic E-state index is 0.0231. The van der Waals surface area contributed by atoms with E-state index in [2.05, 4.69) is 34.7 Å². The van der Waals surface area contributed by atoms with Gasteiger partial charge in [0.25, 0.3) is 0 Å². The Morgan fingerprint density at radius 2 is 1.85 bits per heavy atom. The average Bonchev–Trinajstić information content (AvgIpc) is 2.59. The molecule has 20 heavy (non-hydrogen) atoms. The summed E-state index contributed by atoms with van der Waals surface area (Å²) >= 11 is 3.41. The van der Waals surface area contributed by atoms with E-state index < -0.39 is 0 Å². The number of Topliss-reactive ketones (excluding diaryl/α,β-unsaturated/α-hetero) is 1. The summed E-state index contributed by atoms with van der Waals surface area (Å²) < 4.78 is 1.01. The van der Waals surface area contributed by atoms with Crippen LogP contribution in [-0.2, 0) is 0 Å². The molecule has 0 N–H and O–H groups in total. The van der Waals surface area contributed by atoms with Crippen LogP contribution in [0.25, 0.3) is 0 Å². The Balaban J connectivity index is 2.05. The lowest BCUT2D eigenvalue weighted by atomic mass is 9.85. The van der Waals surface area contributed by atoms with Crippen LogP contribution in [0.2, 0.25) is 0 Å². The van der Waals surface area contributed by atoms with E-state index in [0.29, 0.717) is 5.41 Å². The number of hydrogen-bond donors (Lipinski definition) is 0. The van der Waals surface area contributed by atoms with Crippen LogP contribution in [0.15, 0.2) is 28.7 Å². The molecule has 0 radical (unpaired) electrons. The number of benzene rings is 1. The van der Waals surface area contributed by atoms with Gasteiger partial charge >= 0.3 is 0 Å². The highest BCUT2D eigenvalue weighted by molar-refractivity contribution is 9.10. The number of likely N-dealkylation sites (tertiary alicyclic amines) is 1. The first-order valence-electron chi connectivity index (χ1n) is 7.43. The molecule has 0 amide bonds. The number of carbonyl (C=O) groups is 1. The second-order valence-corrected chi connectivity index (χ2v) is 7.52. The maximum absolute atomic E-state index is 12.6. The van der Waals surface area contributed by atoms with Crippen molar-refractivity contribution in [1.82, 2.24) is 4.90 Å². The van der Waals surface area contributed by atoms with Gasteiger partial charge in [-0.05, 0) is 56.8 Å². The van der Waals surface area contributed by atoms with Gasteiger partial charge < -0.3 is 0 Å². The molecule has 1 heterocycles. The fraction of sp³-hybridized carbons (Fsp3) is 0.588. The second kappa shape index (κ2) is 6.40. The Hall–Kier alpha value is -0.670. The first-order valence-corrected chi connectivity index (χ1v) is 8.22. The summed E-state index contributed by atoms with van der Waals surface area (Å²) in [5.41, 5.74) is 1.22. The lowest BCUT2D eigenvalue weighted by molar-refractivity contribution is 0.0838. The summed E-state index contributed by atoms with van der Waals surface area (Å²) in [6.45, 7) is 8.77. The van der Waals surface area contributed by atoms with Gasteiger partial charge in [0.15, 0.2) is 5.78 Å². The molecule has 1 fully saturated rings. The van der Waals surface area contributed by atoms with Crippen LogP contribution in [-0.4, -0.2) is 29.8 Å². The smallest absolute Gasteiger partial charge is 0.179 e. The predicted molar refractivity (Wildman–Crippen MR) is 87.1 cm³/mol. The van der Waals surface area contributed by atoms with E-state index in [0.717, 1.165) is 23.1 Å². The zero-order valence-electron chi connectivity index (χ0n) is 12.7.